The third-order valence-electron chi connectivity index (χ3n) is 3.18. The minimum atomic E-state index is -3.85. The Labute approximate surface area is 141 Å². The van der Waals surface area contributed by atoms with Crippen molar-refractivity contribution in [1.29, 1.82) is 0 Å². The highest BCUT2D eigenvalue weighted by molar-refractivity contribution is 7.92. The molecule has 0 aromatic heterocycles. The van der Waals surface area contributed by atoms with Crippen LogP contribution in [-0.4, -0.2) is 38.3 Å². The first-order chi connectivity index (χ1) is 11.3. The third kappa shape index (κ3) is 8.61. The van der Waals surface area contributed by atoms with Crippen LogP contribution in [0.25, 0.3) is 0 Å². The second kappa shape index (κ2) is 10.0. The molecule has 0 bridgehead atoms. The molecule has 0 heterocycles. The number of carbonyl (C=O) groups is 2. The van der Waals surface area contributed by atoms with Crippen LogP contribution in [0, 0.1) is 5.82 Å². The van der Waals surface area contributed by atoms with Crippen LogP contribution in [-0.2, 0) is 19.4 Å². The highest BCUT2D eigenvalue weighted by Gasteiger charge is 2.20. The summed E-state index contributed by atoms with van der Waals surface area (Å²) in [6.07, 6.45) is 3.91. The van der Waals surface area contributed by atoms with Crippen LogP contribution in [0.15, 0.2) is 24.3 Å². The molecule has 24 heavy (non-hydrogen) atoms. The van der Waals surface area contributed by atoms with E-state index in [-0.39, 0.29) is 5.69 Å². The summed E-state index contributed by atoms with van der Waals surface area (Å²) >= 11 is 0. The molecule has 0 fully saturated rings. The topological polar surface area (TPSA) is 92.3 Å². The van der Waals surface area contributed by atoms with Crippen molar-refractivity contribution >= 4 is 27.3 Å². The van der Waals surface area contributed by atoms with E-state index in [9.17, 15) is 22.4 Å². The van der Waals surface area contributed by atoms with Gasteiger partial charge in [-0.15, -0.1) is 0 Å². The number of carbonyl (C=O) groups excluding carboxylic acids is 2. The lowest BCUT2D eigenvalue weighted by Crippen LogP contribution is -2.34. The van der Waals surface area contributed by atoms with Crippen LogP contribution in [0.5, 0.6) is 0 Å². The number of unbranched alkanes of at least 4 members (excludes halogenated alkanes) is 3. The molecular weight excluding hydrogens is 335 g/mol. The Bertz CT molecular complexity index is 645. The van der Waals surface area contributed by atoms with Crippen molar-refractivity contribution in [2.75, 3.05) is 23.4 Å². The van der Waals surface area contributed by atoms with Gasteiger partial charge in [0.1, 0.15) is 17.3 Å². The lowest BCUT2D eigenvalue weighted by Gasteiger charge is -2.07. The molecule has 0 aliphatic heterocycles. The third-order valence-corrected chi connectivity index (χ3v) is 4.59. The van der Waals surface area contributed by atoms with Gasteiger partial charge in [-0.1, -0.05) is 26.2 Å². The highest BCUT2D eigenvalue weighted by atomic mass is 32.2. The summed E-state index contributed by atoms with van der Waals surface area (Å²) in [5.41, 5.74) is 0.289. The van der Waals surface area contributed by atoms with Gasteiger partial charge in [0.15, 0.2) is 9.84 Å². The minimum Gasteiger partial charge on any atom is -0.355 e. The Kier molecular flexibility index (Phi) is 8.39. The minimum absolute atomic E-state index is 0.289. The molecule has 0 spiro atoms. The second-order valence-corrected chi connectivity index (χ2v) is 7.56. The SMILES string of the molecule is CCCCCCNC(=O)CS(=O)(=O)CC(=O)Nc1ccc(F)cc1. The lowest BCUT2D eigenvalue weighted by atomic mass is 10.2. The number of nitrogens with one attached hydrogen (secondary N) is 2. The van der Waals surface area contributed by atoms with Gasteiger partial charge in [0.2, 0.25) is 11.8 Å². The zero-order valence-corrected chi connectivity index (χ0v) is 14.5. The van der Waals surface area contributed by atoms with Gasteiger partial charge in [-0.2, -0.15) is 0 Å². The summed E-state index contributed by atoms with van der Waals surface area (Å²) < 4.78 is 36.5. The van der Waals surface area contributed by atoms with Gasteiger partial charge in [0.25, 0.3) is 0 Å². The molecule has 0 saturated heterocycles. The van der Waals surface area contributed by atoms with E-state index in [1.54, 1.807) is 0 Å². The van der Waals surface area contributed by atoms with Gasteiger partial charge in [0, 0.05) is 12.2 Å². The number of sulfone groups is 1. The number of halogens is 1. The van der Waals surface area contributed by atoms with E-state index < -0.39 is 39.0 Å². The largest absolute Gasteiger partial charge is 0.355 e. The molecule has 0 aliphatic rings. The van der Waals surface area contributed by atoms with E-state index >= 15 is 0 Å². The van der Waals surface area contributed by atoms with Crippen molar-refractivity contribution < 1.29 is 22.4 Å². The normalized spacial score (nSPS) is 11.1. The number of anilines is 1. The van der Waals surface area contributed by atoms with Gasteiger partial charge in [-0.05, 0) is 30.7 Å². The van der Waals surface area contributed by atoms with Crippen LogP contribution >= 0.6 is 0 Å². The smallest absolute Gasteiger partial charge is 0.239 e. The summed E-state index contributed by atoms with van der Waals surface area (Å²) in [4.78, 5) is 23.3. The Morgan fingerprint density at radius 1 is 1.00 bits per heavy atom. The molecule has 0 unspecified atom stereocenters. The first kappa shape index (κ1) is 20.1. The summed E-state index contributed by atoms with van der Waals surface area (Å²) in [5.74, 6) is -3.36. The number of amides is 2. The first-order valence-corrected chi connectivity index (χ1v) is 9.67. The molecule has 6 nitrogen and oxygen atoms in total. The van der Waals surface area contributed by atoms with Crippen LogP contribution < -0.4 is 10.6 Å². The maximum absolute atomic E-state index is 12.8. The van der Waals surface area contributed by atoms with Crippen LogP contribution in [0.2, 0.25) is 0 Å². The van der Waals surface area contributed by atoms with E-state index in [1.165, 1.54) is 12.1 Å². The Balaban J connectivity index is 2.37. The molecule has 0 aliphatic carbocycles. The van der Waals surface area contributed by atoms with Gasteiger partial charge >= 0.3 is 0 Å². The van der Waals surface area contributed by atoms with Crippen LogP contribution in [0.4, 0.5) is 10.1 Å². The van der Waals surface area contributed by atoms with Gasteiger partial charge in [0.05, 0.1) is 0 Å². The highest BCUT2D eigenvalue weighted by Crippen LogP contribution is 2.08. The average molecular weight is 358 g/mol. The van der Waals surface area contributed by atoms with Crippen LogP contribution in [0.3, 0.4) is 0 Å². The maximum Gasteiger partial charge on any atom is 0.239 e. The number of hydrogen-bond donors (Lipinski definition) is 2. The fourth-order valence-corrected chi connectivity index (χ4v) is 3.09. The molecule has 134 valence electrons. The summed E-state index contributed by atoms with van der Waals surface area (Å²) in [6, 6.07) is 4.94. The maximum atomic E-state index is 12.8. The quantitative estimate of drug-likeness (QED) is 0.625. The zero-order chi connectivity index (χ0) is 18.0. The van der Waals surface area contributed by atoms with Crippen molar-refractivity contribution in [2.45, 2.75) is 32.6 Å². The van der Waals surface area contributed by atoms with Gasteiger partial charge in [-0.3, -0.25) is 9.59 Å². The van der Waals surface area contributed by atoms with E-state index in [1.807, 2.05) is 0 Å². The van der Waals surface area contributed by atoms with Crippen molar-refractivity contribution in [3.63, 3.8) is 0 Å². The molecular formula is C16H23FN2O4S. The van der Waals surface area contributed by atoms with E-state index in [2.05, 4.69) is 17.6 Å². The van der Waals surface area contributed by atoms with Crippen molar-refractivity contribution in [3.8, 4) is 0 Å². The fraction of sp³-hybridized carbons (Fsp3) is 0.500. The summed E-state index contributed by atoms with van der Waals surface area (Å²) in [6.45, 7) is 2.50. The predicted octanol–water partition coefficient (Wildman–Crippen LogP) is 1.88. The monoisotopic (exact) mass is 358 g/mol. The molecule has 1 aromatic carbocycles. The molecule has 0 atom stereocenters. The molecule has 0 radical (unpaired) electrons. The molecule has 8 heteroatoms. The summed E-state index contributed by atoms with van der Waals surface area (Å²) in [7, 11) is -3.85. The Morgan fingerprint density at radius 3 is 2.25 bits per heavy atom. The lowest BCUT2D eigenvalue weighted by molar-refractivity contribution is -0.118. The number of hydrogen-bond acceptors (Lipinski definition) is 4. The summed E-state index contributed by atoms with van der Waals surface area (Å²) in [5, 5.41) is 4.88. The first-order valence-electron chi connectivity index (χ1n) is 7.85. The second-order valence-electron chi connectivity index (χ2n) is 5.50. The molecule has 2 amide bonds. The van der Waals surface area contributed by atoms with E-state index in [4.69, 9.17) is 0 Å². The molecule has 1 aromatic rings. The molecule has 1 rings (SSSR count). The number of rotatable bonds is 10. The van der Waals surface area contributed by atoms with Gasteiger partial charge in [-0.25, -0.2) is 12.8 Å². The Morgan fingerprint density at radius 2 is 1.62 bits per heavy atom. The number of benzene rings is 1. The fourth-order valence-electron chi connectivity index (χ4n) is 2.01. The zero-order valence-electron chi connectivity index (χ0n) is 13.7. The van der Waals surface area contributed by atoms with E-state index in [0.29, 0.717) is 6.54 Å². The molecule has 2 N–H and O–H groups in total. The van der Waals surface area contributed by atoms with Gasteiger partial charge < -0.3 is 10.6 Å². The van der Waals surface area contributed by atoms with E-state index in [0.717, 1.165) is 37.8 Å². The average Bonchev–Trinajstić information content (AvgIpc) is 2.48. The standard InChI is InChI=1S/C16H23FN2O4S/c1-2-3-4-5-10-18-15(20)11-24(22,23)12-16(21)19-14-8-6-13(17)7-9-14/h6-9H,2-5,10-12H2,1H3,(H,18,20)(H,19,21). The van der Waals surface area contributed by atoms with Crippen molar-refractivity contribution in [3.05, 3.63) is 30.1 Å². The van der Waals surface area contributed by atoms with Crippen molar-refractivity contribution in [1.82, 2.24) is 5.32 Å². The Hall–Kier alpha value is -1.96. The molecule has 0 saturated carbocycles. The predicted molar refractivity (Wildman–Crippen MR) is 90.8 cm³/mol. The van der Waals surface area contributed by atoms with Crippen LogP contribution in [0.1, 0.15) is 32.6 Å². The van der Waals surface area contributed by atoms with Crippen molar-refractivity contribution in [2.24, 2.45) is 0 Å².